The molecule has 17 heavy (non-hydrogen) atoms. The third kappa shape index (κ3) is 3.35. The molecule has 0 saturated heterocycles. The van der Waals surface area contributed by atoms with Crippen molar-refractivity contribution in [1.29, 1.82) is 0 Å². The fourth-order valence-electron chi connectivity index (χ4n) is 1.55. The van der Waals surface area contributed by atoms with Crippen LogP contribution >= 0.6 is 11.6 Å². The lowest BCUT2D eigenvalue weighted by Gasteiger charge is -2.14. The van der Waals surface area contributed by atoms with Crippen LogP contribution in [0.4, 0.5) is 0 Å². The zero-order valence-electron chi connectivity index (χ0n) is 9.49. The van der Waals surface area contributed by atoms with Crippen molar-refractivity contribution in [3.63, 3.8) is 0 Å². The van der Waals surface area contributed by atoms with Gasteiger partial charge in [0.15, 0.2) is 5.96 Å². The molecule has 0 radical (unpaired) electrons. The van der Waals surface area contributed by atoms with Crippen LogP contribution < -0.4 is 11.1 Å². The lowest BCUT2D eigenvalue weighted by molar-refractivity contribution is 0.245. The highest BCUT2D eigenvalue weighted by Gasteiger charge is 2.42. The Kier molecular flexibility index (Phi) is 3.54. The zero-order valence-corrected chi connectivity index (χ0v) is 10.2. The maximum absolute atomic E-state index is 9.13. The van der Waals surface area contributed by atoms with Crippen LogP contribution in [0.1, 0.15) is 18.4 Å². The maximum atomic E-state index is 9.13. The van der Waals surface area contributed by atoms with Crippen molar-refractivity contribution in [3.05, 3.63) is 34.9 Å². The molecule has 1 aliphatic rings. The molecule has 4 nitrogen and oxygen atoms in total. The van der Waals surface area contributed by atoms with Crippen LogP contribution in [0, 0.1) is 0 Å². The number of benzene rings is 1. The number of aliphatic hydroxyl groups is 1. The van der Waals surface area contributed by atoms with Gasteiger partial charge in [0, 0.05) is 5.02 Å². The fraction of sp³-hybridized carbons (Fsp3) is 0.417. The Morgan fingerprint density at radius 3 is 2.59 bits per heavy atom. The second-order valence-electron chi connectivity index (χ2n) is 4.39. The van der Waals surface area contributed by atoms with E-state index in [1.165, 1.54) is 0 Å². The molecular formula is C12H16ClN3O. The zero-order chi connectivity index (χ0) is 12.3. The Balaban J connectivity index is 1.89. The fourth-order valence-corrected chi connectivity index (χ4v) is 1.68. The predicted octanol–water partition coefficient (Wildman–Crippen LogP) is 1.27. The molecule has 0 aromatic heterocycles. The first-order chi connectivity index (χ1) is 8.13. The van der Waals surface area contributed by atoms with Gasteiger partial charge in [-0.25, -0.2) is 4.99 Å². The number of hydrogen-bond acceptors (Lipinski definition) is 2. The molecule has 4 N–H and O–H groups in total. The summed E-state index contributed by atoms with van der Waals surface area (Å²) in [4.78, 5) is 4.23. The second-order valence-corrected chi connectivity index (χ2v) is 4.83. The van der Waals surface area contributed by atoms with Crippen molar-refractivity contribution in [2.75, 3.05) is 6.61 Å². The minimum Gasteiger partial charge on any atom is -0.394 e. The highest BCUT2D eigenvalue weighted by atomic mass is 35.5. The Bertz CT molecular complexity index is 412. The van der Waals surface area contributed by atoms with E-state index in [2.05, 4.69) is 10.3 Å². The molecule has 1 aromatic rings. The highest BCUT2D eigenvalue weighted by molar-refractivity contribution is 6.30. The van der Waals surface area contributed by atoms with Gasteiger partial charge in [0.1, 0.15) is 0 Å². The van der Waals surface area contributed by atoms with Crippen molar-refractivity contribution in [1.82, 2.24) is 5.32 Å². The number of aliphatic hydroxyl groups excluding tert-OH is 1. The molecule has 2 rings (SSSR count). The van der Waals surface area contributed by atoms with E-state index in [9.17, 15) is 0 Å². The molecule has 92 valence electrons. The number of rotatable bonds is 4. The van der Waals surface area contributed by atoms with Crippen LogP contribution in [-0.4, -0.2) is 23.2 Å². The predicted molar refractivity (Wildman–Crippen MR) is 69.0 cm³/mol. The Hall–Kier alpha value is -1.26. The van der Waals surface area contributed by atoms with E-state index >= 15 is 0 Å². The quantitative estimate of drug-likeness (QED) is 0.559. The Morgan fingerprint density at radius 1 is 1.41 bits per heavy atom. The summed E-state index contributed by atoms with van der Waals surface area (Å²) < 4.78 is 0. The van der Waals surface area contributed by atoms with Gasteiger partial charge in [-0.1, -0.05) is 23.7 Å². The molecule has 1 saturated carbocycles. The van der Waals surface area contributed by atoms with E-state index in [-0.39, 0.29) is 12.1 Å². The number of nitrogens with two attached hydrogens (primary N) is 1. The lowest BCUT2D eigenvalue weighted by Crippen LogP contribution is -2.44. The van der Waals surface area contributed by atoms with Gasteiger partial charge in [-0.3, -0.25) is 0 Å². The van der Waals surface area contributed by atoms with E-state index in [0.717, 1.165) is 18.4 Å². The third-order valence-electron chi connectivity index (χ3n) is 2.89. The number of nitrogens with zero attached hydrogens (tertiary/aromatic N) is 1. The second kappa shape index (κ2) is 4.94. The normalized spacial score (nSPS) is 17.9. The van der Waals surface area contributed by atoms with Gasteiger partial charge in [0.05, 0.1) is 18.7 Å². The number of halogens is 1. The van der Waals surface area contributed by atoms with Crippen molar-refractivity contribution >= 4 is 17.6 Å². The highest BCUT2D eigenvalue weighted by Crippen LogP contribution is 2.34. The monoisotopic (exact) mass is 253 g/mol. The lowest BCUT2D eigenvalue weighted by atomic mass is 10.2. The molecule has 5 heteroatoms. The summed E-state index contributed by atoms with van der Waals surface area (Å²) in [5, 5.41) is 12.9. The molecule has 0 aliphatic heterocycles. The van der Waals surface area contributed by atoms with Crippen LogP contribution in [0.5, 0.6) is 0 Å². The summed E-state index contributed by atoms with van der Waals surface area (Å²) in [6.45, 7) is 0.613. The van der Waals surface area contributed by atoms with Crippen LogP contribution in [0.3, 0.4) is 0 Å². The van der Waals surface area contributed by atoms with Crippen LogP contribution in [0.15, 0.2) is 29.3 Å². The summed E-state index contributed by atoms with van der Waals surface area (Å²) >= 11 is 5.79. The van der Waals surface area contributed by atoms with Crippen LogP contribution in [0.25, 0.3) is 0 Å². The molecule has 0 bridgehead atoms. The molecular weight excluding hydrogens is 238 g/mol. The SMILES string of the molecule is NC(=NCc1ccc(Cl)cc1)NC1(CO)CC1. The number of nitrogens with one attached hydrogen (secondary N) is 1. The minimum atomic E-state index is -0.215. The van der Waals surface area contributed by atoms with E-state index in [1.54, 1.807) is 0 Å². The molecule has 0 atom stereocenters. The standard InChI is InChI=1S/C12H16ClN3O/c13-10-3-1-9(2-4-10)7-15-11(14)16-12(8-17)5-6-12/h1-4,17H,5-8H2,(H3,14,15,16). The number of guanidine groups is 1. The van der Waals surface area contributed by atoms with Crippen molar-refractivity contribution in [2.24, 2.45) is 10.7 Å². The summed E-state index contributed by atoms with van der Waals surface area (Å²) in [5.41, 5.74) is 6.59. The first kappa shape index (κ1) is 12.2. The average Bonchev–Trinajstić information content (AvgIpc) is 3.09. The molecule has 0 spiro atoms. The van der Waals surface area contributed by atoms with Gasteiger partial charge >= 0.3 is 0 Å². The molecule has 0 amide bonds. The van der Waals surface area contributed by atoms with Crippen LogP contribution in [0.2, 0.25) is 5.02 Å². The summed E-state index contributed by atoms with van der Waals surface area (Å²) in [6.07, 6.45) is 1.89. The first-order valence-corrected chi connectivity index (χ1v) is 5.95. The largest absolute Gasteiger partial charge is 0.394 e. The third-order valence-corrected chi connectivity index (χ3v) is 3.15. The van der Waals surface area contributed by atoms with Crippen molar-refractivity contribution in [2.45, 2.75) is 24.9 Å². The number of hydrogen-bond donors (Lipinski definition) is 3. The van der Waals surface area contributed by atoms with Gasteiger partial charge in [-0.05, 0) is 30.5 Å². The van der Waals surface area contributed by atoms with Gasteiger partial charge in [0.2, 0.25) is 0 Å². The molecule has 1 aliphatic carbocycles. The van der Waals surface area contributed by atoms with Crippen molar-refractivity contribution < 1.29 is 5.11 Å². The van der Waals surface area contributed by atoms with Gasteiger partial charge in [-0.15, -0.1) is 0 Å². The Labute approximate surface area is 105 Å². The van der Waals surface area contributed by atoms with E-state index in [1.807, 2.05) is 24.3 Å². The van der Waals surface area contributed by atoms with Gasteiger partial charge < -0.3 is 16.2 Å². The van der Waals surface area contributed by atoms with Gasteiger partial charge in [-0.2, -0.15) is 0 Å². The number of aliphatic imine (C=N–C) groups is 1. The first-order valence-electron chi connectivity index (χ1n) is 5.57. The van der Waals surface area contributed by atoms with Crippen LogP contribution in [-0.2, 0) is 6.54 Å². The topological polar surface area (TPSA) is 70.6 Å². The smallest absolute Gasteiger partial charge is 0.189 e. The van der Waals surface area contributed by atoms with Gasteiger partial charge in [0.25, 0.3) is 0 Å². The minimum absolute atomic E-state index is 0.101. The molecule has 1 fully saturated rings. The summed E-state index contributed by atoms with van der Waals surface area (Å²) in [6, 6.07) is 7.48. The maximum Gasteiger partial charge on any atom is 0.189 e. The summed E-state index contributed by atoms with van der Waals surface area (Å²) in [7, 11) is 0. The molecule has 0 heterocycles. The molecule has 0 unspecified atom stereocenters. The molecule has 1 aromatic carbocycles. The van der Waals surface area contributed by atoms with E-state index < -0.39 is 0 Å². The van der Waals surface area contributed by atoms with Crippen molar-refractivity contribution in [3.8, 4) is 0 Å². The summed E-state index contributed by atoms with van der Waals surface area (Å²) in [5.74, 6) is 0.381. The average molecular weight is 254 g/mol. The van der Waals surface area contributed by atoms with E-state index in [0.29, 0.717) is 17.5 Å². The Morgan fingerprint density at radius 2 is 2.06 bits per heavy atom. The van der Waals surface area contributed by atoms with E-state index in [4.69, 9.17) is 22.4 Å².